The number of fused-ring (bicyclic) bond motifs is 1. The lowest BCUT2D eigenvalue weighted by Crippen LogP contribution is -2.39. The molecule has 1 aromatic rings. The molecule has 3 atom stereocenters. The number of alkyl halides is 1. The van der Waals surface area contributed by atoms with E-state index in [0.29, 0.717) is 10.7 Å². The number of benzene rings is 1. The number of hydrogen-bond acceptors (Lipinski definition) is 2. The van der Waals surface area contributed by atoms with Gasteiger partial charge in [-0.3, -0.25) is 5.43 Å². The maximum absolute atomic E-state index is 13.8. The van der Waals surface area contributed by atoms with Crippen molar-refractivity contribution < 1.29 is 13.2 Å². The van der Waals surface area contributed by atoms with Crippen LogP contribution in [0.1, 0.15) is 18.0 Å². The minimum atomic E-state index is -1.11. The van der Waals surface area contributed by atoms with Gasteiger partial charge in [0, 0.05) is 6.42 Å². The molecule has 1 aromatic carbocycles. The van der Waals surface area contributed by atoms with Gasteiger partial charge in [0.15, 0.2) is 16.7 Å². The van der Waals surface area contributed by atoms with Crippen LogP contribution in [0.15, 0.2) is 18.2 Å². The van der Waals surface area contributed by atoms with Crippen LogP contribution in [-0.2, 0) is 0 Å². The Morgan fingerprint density at radius 1 is 1.28 bits per heavy atom. The summed E-state index contributed by atoms with van der Waals surface area (Å²) >= 11 is 4.91. The molecular weight excluding hydrogens is 263 g/mol. The van der Waals surface area contributed by atoms with E-state index in [1.54, 1.807) is 5.01 Å². The van der Waals surface area contributed by atoms with E-state index in [1.165, 1.54) is 6.07 Å². The third kappa shape index (κ3) is 1.74. The molecule has 2 heterocycles. The molecule has 3 rings (SSSR count). The lowest BCUT2D eigenvalue weighted by atomic mass is 10.0. The first-order valence-electron chi connectivity index (χ1n) is 5.51. The fraction of sp³-hybridized carbons (Fsp3) is 0.364. The quantitative estimate of drug-likeness (QED) is 0.763. The number of nitrogens with one attached hydrogen (secondary N) is 2. The Balaban J connectivity index is 1.92. The summed E-state index contributed by atoms with van der Waals surface area (Å²) in [6, 6.07) is 3.24. The van der Waals surface area contributed by atoms with Gasteiger partial charge in [-0.25, -0.2) is 13.2 Å². The van der Waals surface area contributed by atoms with Crippen molar-refractivity contribution in [3.05, 3.63) is 35.4 Å². The first-order chi connectivity index (χ1) is 8.56. The second kappa shape index (κ2) is 4.10. The van der Waals surface area contributed by atoms with E-state index in [9.17, 15) is 13.2 Å². The maximum Gasteiger partial charge on any atom is 0.182 e. The zero-order valence-electron chi connectivity index (χ0n) is 9.16. The second-order valence-electron chi connectivity index (χ2n) is 4.38. The van der Waals surface area contributed by atoms with Crippen LogP contribution in [0.4, 0.5) is 13.2 Å². The van der Waals surface area contributed by atoms with Crippen molar-refractivity contribution in [2.75, 3.05) is 0 Å². The van der Waals surface area contributed by atoms with Gasteiger partial charge in [-0.15, -0.1) is 0 Å². The van der Waals surface area contributed by atoms with Crippen LogP contribution in [0, 0.1) is 11.6 Å². The summed E-state index contributed by atoms with van der Waals surface area (Å²) < 4.78 is 39.9. The summed E-state index contributed by atoms with van der Waals surface area (Å²) in [6.07, 6.45) is -1.45. The third-order valence-corrected chi connectivity index (χ3v) is 3.47. The average Bonchev–Trinajstić information content (AvgIpc) is 2.83. The Labute approximate surface area is 107 Å². The number of rotatable bonds is 1. The number of thiocarbonyl (C=S) groups is 1. The molecule has 0 radical (unpaired) electrons. The molecule has 2 N–H and O–H groups in total. The van der Waals surface area contributed by atoms with Crippen LogP contribution >= 0.6 is 12.2 Å². The normalized spacial score (nSPS) is 31.1. The van der Waals surface area contributed by atoms with E-state index >= 15 is 0 Å². The molecule has 0 saturated carbocycles. The van der Waals surface area contributed by atoms with E-state index < -0.39 is 24.0 Å². The highest BCUT2D eigenvalue weighted by atomic mass is 32.1. The van der Waals surface area contributed by atoms with Gasteiger partial charge < -0.3 is 5.32 Å². The Bertz CT molecular complexity index is 510. The van der Waals surface area contributed by atoms with E-state index in [1.807, 2.05) is 0 Å². The summed E-state index contributed by atoms with van der Waals surface area (Å²) in [6.45, 7) is 0. The fourth-order valence-electron chi connectivity index (χ4n) is 2.43. The van der Waals surface area contributed by atoms with Crippen molar-refractivity contribution >= 4 is 17.3 Å². The molecule has 0 aliphatic carbocycles. The standard InChI is InChI=1S/C11H10F3N3S/c12-6-2-1-5(3-7(6)13)9-4-8(14)10-15-11(18)16-17(9)10/h1-3,8-10H,4H2,(H2,15,16,18)/t8-,9-,10?/m0/s1. The first kappa shape index (κ1) is 11.7. The van der Waals surface area contributed by atoms with Gasteiger partial charge in [0.1, 0.15) is 12.3 Å². The van der Waals surface area contributed by atoms with Crippen LogP contribution in [-0.4, -0.2) is 22.5 Å². The number of nitrogens with zero attached hydrogens (tertiary/aromatic N) is 1. The molecule has 96 valence electrons. The minimum Gasteiger partial charge on any atom is -0.342 e. The molecule has 2 aliphatic rings. The topological polar surface area (TPSA) is 27.3 Å². The molecule has 0 aromatic heterocycles. The zero-order valence-corrected chi connectivity index (χ0v) is 9.98. The van der Waals surface area contributed by atoms with Crippen LogP contribution in [0.2, 0.25) is 0 Å². The molecule has 18 heavy (non-hydrogen) atoms. The summed E-state index contributed by atoms with van der Waals surface area (Å²) in [5.74, 6) is -1.84. The Morgan fingerprint density at radius 3 is 2.78 bits per heavy atom. The summed E-state index contributed by atoms with van der Waals surface area (Å²) in [4.78, 5) is 0. The van der Waals surface area contributed by atoms with Crippen molar-refractivity contribution in [1.29, 1.82) is 0 Å². The highest BCUT2D eigenvalue weighted by Gasteiger charge is 2.46. The van der Waals surface area contributed by atoms with E-state index in [0.717, 1.165) is 12.1 Å². The number of halogens is 3. The molecule has 2 saturated heterocycles. The molecule has 0 bridgehead atoms. The van der Waals surface area contributed by atoms with Gasteiger partial charge in [0.05, 0.1) is 6.04 Å². The van der Waals surface area contributed by atoms with Crippen LogP contribution in [0.25, 0.3) is 0 Å². The predicted octanol–water partition coefficient (Wildman–Crippen LogP) is 1.77. The van der Waals surface area contributed by atoms with Gasteiger partial charge in [-0.05, 0) is 29.9 Å². The molecule has 0 amide bonds. The molecule has 3 nitrogen and oxygen atoms in total. The van der Waals surface area contributed by atoms with Crippen LogP contribution < -0.4 is 10.7 Å². The molecule has 2 fully saturated rings. The Kier molecular flexibility index (Phi) is 2.67. The minimum absolute atomic E-state index is 0.207. The van der Waals surface area contributed by atoms with Crippen molar-refractivity contribution in [2.24, 2.45) is 0 Å². The zero-order chi connectivity index (χ0) is 12.9. The van der Waals surface area contributed by atoms with Gasteiger partial charge in [-0.2, -0.15) is 5.01 Å². The molecule has 1 unspecified atom stereocenters. The SMILES string of the molecule is Fc1ccc([C@@H]2C[C@H](F)C3NC(=S)NN32)cc1F. The summed E-state index contributed by atoms with van der Waals surface area (Å²) in [5, 5.41) is 4.75. The van der Waals surface area contributed by atoms with Gasteiger partial charge in [0.25, 0.3) is 0 Å². The average molecular weight is 273 g/mol. The largest absolute Gasteiger partial charge is 0.342 e. The lowest BCUT2D eigenvalue weighted by molar-refractivity contribution is 0.156. The van der Waals surface area contributed by atoms with Gasteiger partial charge in [0.2, 0.25) is 0 Å². The molecule has 7 heteroatoms. The van der Waals surface area contributed by atoms with Crippen molar-refractivity contribution in [3.8, 4) is 0 Å². The molecule has 0 spiro atoms. The van der Waals surface area contributed by atoms with E-state index in [-0.39, 0.29) is 12.5 Å². The highest BCUT2D eigenvalue weighted by molar-refractivity contribution is 7.80. The van der Waals surface area contributed by atoms with Crippen LogP contribution in [0.3, 0.4) is 0 Å². The number of hydrogen-bond donors (Lipinski definition) is 2. The number of hydrazine groups is 1. The third-order valence-electron chi connectivity index (χ3n) is 3.26. The lowest BCUT2D eigenvalue weighted by Gasteiger charge is -2.22. The Morgan fingerprint density at radius 2 is 2.06 bits per heavy atom. The van der Waals surface area contributed by atoms with Gasteiger partial charge in [-0.1, -0.05) is 6.07 Å². The van der Waals surface area contributed by atoms with E-state index in [4.69, 9.17) is 12.2 Å². The van der Waals surface area contributed by atoms with Crippen LogP contribution in [0.5, 0.6) is 0 Å². The maximum atomic E-state index is 13.8. The van der Waals surface area contributed by atoms with Crippen molar-refractivity contribution in [1.82, 2.24) is 15.8 Å². The van der Waals surface area contributed by atoms with Crippen molar-refractivity contribution in [2.45, 2.75) is 24.8 Å². The highest BCUT2D eigenvalue weighted by Crippen LogP contribution is 2.37. The van der Waals surface area contributed by atoms with Gasteiger partial charge >= 0.3 is 0 Å². The monoisotopic (exact) mass is 273 g/mol. The molecule has 2 aliphatic heterocycles. The Hall–Kier alpha value is -1.34. The summed E-state index contributed by atoms with van der Waals surface area (Å²) in [5.41, 5.74) is 3.35. The fourth-order valence-corrected chi connectivity index (χ4v) is 2.66. The smallest absolute Gasteiger partial charge is 0.182 e. The predicted molar refractivity (Wildman–Crippen MR) is 63.1 cm³/mol. The van der Waals surface area contributed by atoms with E-state index in [2.05, 4.69) is 10.7 Å². The second-order valence-corrected chi connectivity index (χ2v) is 4.79. The molecular formula is C11H10F3N3S. The first-order valence-corrected chi connectivity index (χ1v) is 5.91. The van der Waals surface area contributed by atoms with Crippen molar-refractivity contribution in [3.63, 3.8) is 0 Å². The summed E-state index contributed by atoms with van der Waals surface area (Å²) in [7, 11) is 0.